The number of hydrogen-bond donors (Lipinski definition) is 0. The highest BCUT2D eigenvalue weighted by molar-refractivity contribution is 6.31. The average molecular weight is 593 g/mol. The van der Waals surface area contributed by atoms with Crippen molar-refractivity contribution < 1.29 is 38.1 Å². The van der Waals surface area contributed by atoms with Crippen molar-refractivity contribution >= 4 is 34.6 Å². The average Bonchev–Trinajstić information content (AvgIpc) is 2.99. The van der Waals surface area contributed by atoms with Crippen molar-refractivity contribution in [3.05, 3.63) is 90.0 Å². The van der Waals surface area contributed by atoms with Crippen molar-refractivity contribution in [2.75, 3.05) is 0 Å². The molecule has 0 aromatic heterocycles. The Bertz CT molecular complexity index is 1870. The normalized spacial score (nSPS) is 13.8. The lowest BCUT2D eigenvalue weighted by molar-refractivity contribution is 0.0362. The molecule has 44 heavy (non-hydrogen) atoms. The van der Waals surface area contributed by atoms with Gasteiger partial charge in [0.1, 0.15) is 34.1 Å². The molecule has 224 valence electrons. The van der Waals surface area contributed by atoms with Crippen molar-refractivity contribution in [3.8, 4) is 23.0 Å². The third kappa shape index (κ3) is 3.90. The molecule has 0 atom stereocenters. The van der Waals surface area contributed by atoms with Crippen LogP contribution in [-0.2, 0) is 9.47 Å². The Balaban J connectivity index is 1.67. The molecule has 8 nitrogen and oxygen atoms in total. The summed E-state index contributed by atoms with van der Waals surface area (Å²) in [4.78, 5) is 53.2. The van der Waals surface area contributed by atoms with Crippen LogP contribution in [-0.4, -0.2) is 23.9 Å². The predicted molar refractivity (Wildman–Crippen MR) is 164 cm³/mol. The second-order valence-corrected chi connectivity index (χ2v) is 11.8. The van der Waals surface area contributed by atoms with Crippen molar-refractivity contribution in [1.82, 2.24) is 0 Å². The van der Waals surface area contributed by atoms with E-state index in [1.54, 1.807) is 0 Å². The van der Waals surface area contributed by atoms with E-state index in [1.807, 2.05) is 69.2 Å². The Morgan fingerprint density at radius 2 is 0.682 bits per heavy atom. The fourth-order valence-corrected chi connectivity index (χ4v) is 6.31. The Morgan fingerprint density at radius 3 is 0.977 bits per heavy atom. The first-order chi connectivity index (χ1) is 20.6. The maximum absolute atomic E-state index is 13.4. The molecule has 0 unspecified atom stereocenters. The van der Waals surface area contributed by atoms with Gasteiger partial charge >= 0.3 is 23.9 Å². The van der Waals surface area contributed by atoms with Crippen LogP contribution in [0.3, 0.4) is 0 Å². The maximum Gasteiger partial charge on any atom is 0.350 e. The molecule has 0 saturated carbocycles. The number of benzene rings is 4. The minimum atomic E-state index is -0.942. The summed E-state index contributed by atoms with van der Waals surface area (Å²) in [7, 11) is 0. The predicted octanol–water partition coefficient (Wildman–Crippen LogP) is 8.13. The lowest BCUT2D eigenvalue weighted by Gasteiger charge is -2.27. The van der Waals surface area contributed by atoms with E-state index in [0.29, 0.717) is 11.5 Å². The molecule has 2 aliphatic heterocycles. The number of rotatable bonds is 4. The van der Waals surface area contributed by atoms with Gasteiger partial charge in [-0.05, 0) is 137 Å². The van der Waals surface area contributed by atoms with Gasteiger partial charge in [0.2, 0.25) is 0 Å². The number of ether oxygens (including phenoxy) is 4. The molecular weight excluding hydrogens is 560 g/mol. The first-order valence-electron chi connectivity index (χ1n) is 14.4. The molecule has 4 aromatic carbocycles. The molecule has 0 bridgehead atoms. The second kappa shape index (κ2) is 9.77. The summed E-state index contributed by atoms with van der Waals surface area (Å²) in [5, 5.41) is 0.179. The van der Waals surface area contributed by atoms with Gasteiger partial charge in [-0.25, -0.2) is 19.2 Å². The Morgan fingerprint density at radius 1 is 0.409 bits per heavy atom. The van der Waals surface area contributed by atoms with Crippen LogP contribution in [0.2, 0.25) is 0 Å². The van der Waals surface area contributed by atoms with E-state index in [1.165, 1.54) is 12.1 Å². The molecule has 6 rings (SSSR count). The summed E-state index contributed by atoms with van der Waals surface area (Å²) in [5.74, 6) is -2.65. The lowest BCUT2D eigenvalue weighted by atomic mass is 9.87. The molecule has 8 heteroatoms. The lowest BCUT2D eigenvalue weighted by Crippen LogP contribution is -2.26. The molecular formula is C36H32O8. The van der Waals surface area contributed by atoms with Crippen LogP contribution < -0.4 is 9.47 Å². The summed E-state index contributed by atoms with van der Waals surface area (Å²) < 4.78 is 23.2. The molecule has 0 N–H and O–H groups in total. The van der Waals surface area contributed by atoms with Crippen LogP contribution >= 0.6 is 0 Å². The third-order valence-corrected chi connectivity index (χ3v) is 9.84. The standard InChI is InChI=1S/C36H32O8/c1-13-15(3)19(7)31(20(8)16(13)4)41-25-11-23-28-27-24(34(38)43-35(39)29(25)27)12-26(30(28)36(40)44-33(23)37)42-32-21(9)17(5)14(2)18(6)22(32)10/h11-12H,1-10H3. The molecule has 0 fully saturated rings. The van der Waals surface area contributed by atoms with Gasteiger partial charge in [0.25, 0.3) is 0 Å². The van der Waals surface area contributed by atoms with E-state index in [0.717, 1.165) is 55.6 Å². The smallest absolute Gasteiger partial charge is 0.350 e. The SMILES string of the molecule is Cc1c(C)c(C)c(Oc2cc3c4c(c(Oc5c(C)c(C)c(C)c(C)c5C)cc5c4c2C(=O)OC5=O)C(=O)OC3=O)c(C)c1C. The minimum Gasteiger partial charge on any atom is -0.456 e. The summed E-state index contributed by atoms with van der Waals surface area (Å²) in [5.41, 5.74) is 9.65. The van der Waals surface area contributed by atoms with E-state index in [9.17, 15) is 19.2 Å². The fourth-order valence-electron chi connectivity index (χ4n) is 6.31. The zero-order chi connectivity index (χ0) is 32.1. The first-order valence-corrected chi connectivity index (χ1v) is 14.4. The van der Waals surface area contributed by atoms with Gasteiger partial charge in [-0.15, -0.1) is 0 Å². The van der Waals surface area contributed by atoms with E-state index in [4.69, 9.17) is 18.9 Å². The highest BCUT2D eigenvalue weighted by atomic mass is 16.6. The maximum atomic E-state index is 13.4. The van der Waals surface area contributed by atoms with Gasteiger partial charge in [-0.1, -0.05) is 0 Å². The Labute approximate surface area is 254 Å². The van der Waals surface area contributed by atoms with Gasteiger partial charge in [0.05, 0.1) is 11.1 Å². The highest BCUT2D eigenvalue weighted by Gasteiger charge is 2.41. The molecule has 4 aromatic rings. The minimum absolute atomic E-state index is 0.0162. The van der Waals surface area contributed by atoms with Gasteiger partial charge in [-0.2, -0.15) is 0 Å². The van der Waals surface area contributed by atoms with Crippen molar-refractivity contribution in [2.45, 2.75) is 69.2 Å². The van der Waals surface area contributed by atoms with E-state index in [2.05, 4.69) is 0 Å². The van der Waals surface area contributed by atoms with Crippen molar-refractivity contribution in [1.29, 1.82) is 0 Å². The molecule has 0 saturated heterocycles. The van der Waals surface area contributed by atoms with E-state index >= 15 is 0 Å². The number of cyclic esters (lactones) is 4. The molecule has 0 amide bonds. The van der Waals surface area contributed by atoms with Crippen LogP contribution in [0.15, 0.2) is 12.1 Å². The summed E-state index contributed by atoms with van der Waals surface area (Å²) in [6.07, 6.45) is 0. The van der Waals surface area contributed by atoms with Crippen LogP contribution in [0.5, 0.6) is 23.0 Å². The number of carbonyl (C=O) groups excluding carboxylic acids is 4. The number of hydrogen-bond acceptors (Lipinski definition) is 8. The third-order valence-electron chi connectivity index (χ3n) is 9.84. The summed E-state index contributed by atoms with van der Waals surface area (Å²) in [6.45, 7) is 19.7. The van der Waals surface area contributed by atoms with Crippen molar-refractivity contribution in [2.24, 2.45) is 0 Å². The highest BCUT2D eigenvalue weighted by Crippen LogP contribution is 2.48. The number of carbonyl (C=O) groups is 4. The first kappa shape index (κ1) is 29.1. The van der Waals surface area contributed by atoms with Gasteiger partial charge in [0.15, 0.2) is 0 Å². The summed E-state index contributed by atoms with van der Waals surface area (Å²) >= 11 is 0. The Hall–Kier alpha value is -4.98. The van der Waals surface area contributed by atoms with Crippen molar-refractivity contribution in [3.63, 3.8) is 0 Å². The zero-order valence-corrected chi connectivity index (χ0v) is 26.4. The van der Waals surface area contributed by atoms with Crippen LogP contribution in [0.25, 0.3) is 10.8 Å². The monoisotopic (exact) mass is 592 g/mol. The largest absolute Gasteiger partial charge is 0.456 e. The molecule has 0 spiro atoms. The van der Waals surface area contributed by atoms with E-state index in [-0.39, 0.29) is 44.5 Å². The molecule has 0 aliphatic carbocycles. The van der Waals surface area contributed by atoms with Gasteiger partial charge < -0.3 is 18.9 Å². The topological polar surface area (TPSA) is 105 Å². The Kier molecular flexibility index (Phi) is 6.46. The van der Waals surface area contributed by atoms with Gasteiger partial charge in [-0.3, -0.25) is 0 Å². The summed E-state index contributed by atoms with van der Waals surface area (Å²) in [6, 6.07) is 2.75. The zero-order valence-electron chi connectivity index (χ0n) is 26.4. The molecule has 2 aliphatic rings. The van der Waals surface area contributed by atoms with Crippen LogP contribution in [0.1, 0.15) is 97.1 Å². The fraction of sp³-hybridized carbons (Fsp3) is 0.278. The molecule has 0 radical (unpaired) electrons. The molecule has 2 heterocycles. The van der Waals surface area contributed by atoms with Crippen LogP contribution in [0, 0.1) is 69.2 Å². The van der Waals surface area contributed by atoms with Crippen LogP contribution in [0.4, 0.5) is 0 Å². The number of esters is 4. The second-order valence-electron chi connectivity index (χ2n) is 11.8. The van der Waals surface area contributed by atoms with E-state index < -0.39 is 23.9 Å². The quantitative estimate of drug-likeness (QED) is 0.173. The van der Waals surface area contributed by atoms with Gasteiger partial charge in [0, 0.05) is 10.8 Å².